The highest BCUT2D eigenvalue weighted by atomic mass is 35.5. The second-order valence-corrected chi connectivity index (χ2v) is 5.26. The van der Waals surface area contributed by atoms with Crippen molar-refractivity contribution in [2.75, 3.05) is 6.61 Å². The first-order valence-corrected chi connectivity index (χ1v) is 7.25. The maximum absolute atomic E-state index is 11.8. The van der Waals surface area contributed by atoms with Crippen LogP contribution in [0, 0.1) is 5.21 Å². The molecule has 0 unspecified atom stereocenters. The maximum atomic E-state index is 11.8. The van der Waals surface area contributed by atoms with Crippen LogP contribution in [0.15, 0.2) is 48.7 Å². The van der Waals surface area contributed by atoms with Crippen molar-refractivity contribution in [3.63, 3.8) is 0 Å². The summed E-state index contributed by atoms with van der Waals surface area (Å²) in [7, 11) is 0. The number of halogens is 1. The second-order valence-electron chi connectivity index (χ2n) is 4.83. The first-order chi connectivity index (χ1) is 11.0. The number of hydrogen-bond donors (Lipinski definition) is 1. The first-order valence-electron chi connectivity index (χ1n) is 6.87. The monoisotopic (exact) mass is 334 g/mol. The van der Waals surface area contributed by atoms with Crippen LogP contribution in [-0.4, -0.2) is 18.5 Å². The highest BCUT2D eigenvalue weighted by Crippen LogP contribution is 2.15. The summed E-state index contributed by atoms with van der Waals surface area (Å²) in [6.07, 6.45) is 1.18. The zero-order valence-corrected chi connectivity index (χ0v) is 13.1. The smallest absolute Gasteiger partial charge is 0.405 e. The minimum Gasteiger partial charge on any atom is -0.618 e. The fourth-order valence-corrected chi connectivity index (χ4v) is 2.04. The third-order valence-electron chi connectivity index (χ3n) is 3.12. The number of aromatic nitrogens is 1. The third kappa shape index (κ3) is 4.69. The molecule has 0 aliphatic rings. The Balaban J connectivity index is 1.86. The molecule has 0 saturated heterocycles. The summed E-state index contributed by atoms with van der Waals surface area (Å²) in [5, 5.41) is 14.7. The molecular formula is C16H15ClN2O4. The summed E-state index contributed by atoms with van der Waals surface area (Å²) in [6.45, 7) is 1.33. The van der Waals surface area contributed by atoms with Crippen LogP contribution in [0.25, 0.3) is 0 Å². The average Bonchev–Trinajstić information content (AvgIpc) is 2.53. The Hall–Kier alpha value is -2.60. The molecule has 0 fully saturated rings. The zero-order valence-electron chi connectivity index (χ0n) is 12.4. The number of nitrogens with zero attached hydrogens (tertiary/aromatic N) is 1. The lowest BCUT2D eigenvalue weighted by atomic mass is 10.1. The molecule has 1 N–H and O–H groups in total. The summed E-state index contributed by atoms with van der Waals surface area (Å²) in [5.74, 6) is -1.32. The van der Waals surface area contributed by atoms with Crippen molar-refractivity contribution < 1.29 is 19.1 Å². The van der Waals surface area contributed by atoms with Gasteiger partial charge in [0.15, 0.2) is 12.8 Å². The van der Waals surface area contributed by atoms with Gasteiger partial charge in [-0.2, -0.15) is 4.73 Å². The van der Waals surface area contributed by atoms with Crippen LogP contribution in [0.1, 0.15) is 29.0 Å². The summed E-state index contributed by atoms with van der Waals surface area (Å²) in [5.41, 5.74) is 0.695. The van der Waals surface area contributed by atoms with E-state index < -0.39 is 18.5 Å². The van der Waals surface area contributed by atoms with E-state index in [2.05, 4.69) is 5.32 Å². The Morgan fingerprint density at radius 2 is 1.96 bits per heavy atom. The van der Waals surface area contributed by atoms with E-state index in [9.17, 15) is 14.8 Å². The molecule has 0 spiro atoms. The third-order valence-corrected chi connectivity index (χ3v) is 3.37. The van der Waals surface area contributed by atoms with Crippen molar-refractivity contribution in [3.8, 4) is 0 Å². The van der Waals surface area contributed by atoms with E-state index in [-0.39, 0.29) is 11.7 Å². The van der Waals surface area contributed by atoms with Crippen LogP contribution in [0.5, 0.6) is 0 Å². The second kappa shape index (κ2) is 7.60. The summed E-state index contributed by atoms with van der Waals surface area (Å²) < 4.78 is 5.22. The van der Waals surface area contributed by atoms with Crippen LogP contribution in [-0.2, 0) is 9.53 Å². The normalized spacial score (nSPS) is 11.6. The topological polar surface area (TPSA) is 82.3 Å². The molecule has 1 atom stereocenters. The van der Waals surface area contributed by atoms with Gasteiger partial charge in [-0.25, -0.2) is 4.79 Å². The van der Waals surface area contributed by atoms with Crippen molar-refractivity contribution in [2.24, 2.45) is 0 Å². The number of carbonyl (C=O) groups is 2. The molecule has 0 bridgehead atoms. The number of carbonyl (C=O) groups excluding carboxylic acids is 2. The maximum Gasteiger partial charge on any atom is 0.405 e. The van der Waals surface area contributed by atoms with Crippen molar-refractivity contribution in [2.45, 2.75) is 13.0 Å². The Morgan fingerprint density at radius 3 is 2.61 bits per heavy atom. The Bertz CT molecular complexity index is 703. The Labute approximate surface area is 138 Å². The van der Waals surface area contributed by atoms with Gasteiger partial charge in [0.25, 0.3) is 5.91 Å². The molecule has 2 aromatic rings. The van der Waals surface area contributed by atoms with Crippen LogP contribution in [0.3, 0.4) is 0 Å². The quantitative estimate of drug-likeness (QED) is 0.515. The predicted octanol–water partition coefficient (Wildman–Crippen LogP) is 2.01. The Kier molecular flexibility index (Phi) is 5.54. The minimum absolute atomic E-state index is 0.175. The number of amides is 1. The zero-order chi connectivity index (χ0) is 16.8. The van der Waals surface area contributed by atoms with Gasteiger partial charge in [-0.15, -0.1) is 0 Å². The summed E-state index contributed by atoms with van der Waals surface area (Å²) in [4.78, 5) is 23.5. The van der Waals surface area contributed by atoms with Crippen molar-refractivity contribution in [3.05, 3.63) is 70.1 Å². The molecule has 120 valence electrons. The standard InChI is InChI=1S/C16H15ClN2O4/c1-11(12-5-7-13(17)8-6-12)18-15(20)10-23-16(21)14-4-2-3-9-19(14)22/h2-9,11H,10H2,1H3,(H,18,20)/t11-/m1/s1. The predicted molar refractivity (Wildman–Crippen MR) is 83.7 cm³/mol. The van der Waals surface area contributed by atoms with Gasteiger partial charge >= 0.3 is 11.7 Å². The van der Waals surface area contributed by atoms with Gasteiger partial charge in [-0.1, -0.05) is 23.7 Å². The molecule has 0 radical (unpaired) electrons. The van der Waals surface area contributed by atoms with Gasteiger partial charge in [-0.3, -0.25) is 4.79 Å². The number of hydrogen-bond acceptors (Lipinski definition) is 4. The lowest BCUT2D eigenvalue weighted by Crippen LogP contribution is -2.36. The summed E-state index contributed by atoms with van der Waals surface area (Å²) >= 11 is 5.81. The molecule has 7 heteroatoms. The van der Waals surface area contributed by atoms with Crippen molar-refractivity contribution in [1.29, 1.82) is 0 Å². The average molecular weight is 335 g/mol. The fraction of sp³-hybridized carbons (Fsp3) is 0.188. The van der Waals surface area contributed by atoms with E-state index in [1.54, 1.807) is 31.2 Å². The van der Waals surface area contributed by atoms with Gasteiger partial charge in [0.2, 0.25) is 0 Å². The molecule has 23 heavy (non-hydrogen) atoms. The van der Waals surface area contributed by atoms with Crippen molar-refractivity contribution in [1.82, 2.24) is 5.32 Å². The SMILES string of the molecule is C[C@@H](NC(=O)COC(=O)c1cccc[n+]1[O-])c1ccc(Cl)cc1. The van der Waals surface area contributed by atoms with Crippen LogP contribution in [0.4, 0.5) is 0 Å². The summed E-state index contributed by atoms with van der Waals surface area (Å²) in [6, 6.07) is 11.1. The molecule has 0 saturated carbocycles. The highest BCUT2D eigenvalue weighted by Gasteiger charge is 2.18. The molecule has 1 heterocycles. The van der Waals surface area contributed by atoms with Crippen LogP contribution >= 0.6 is 11.6 Å². The number of nitrogens with one attached hydrogen (secondary N) is 1. The molecular weight excluding hydrogens is 320 g/mol. The van der Waals surface area contributed by atoms with E-state index >= 15 is 0 Å². The number of ether oxygens (including phenoxy) is 1. The van der Waals surface area contributed by atoms with Gasteiger partial charge in [0.05, 0.1) is 6.04 Å². The van der Waals surface area contributed by atoms with E-state index in [0.717, 1.165) is 5.56 Å². The number of rotatable bonds is 5. The molecule has 6 nitrogen and oxygen atoms in total. The van der Waals surface area contributed by atoms with Gasteiger partial charge in [0, 0.05) is 17.2 Å². The molecule has 0 aliphatic heterocycles. The van der Waals surface area contributed by atoms with Gasteiger partial charge in [-0.05, 0) is 30.7 Å². The van der Waals surface area contributed by atoms with Crippen LogP contribution in [0.2, 0.25) is 5.02 Å². The molecule has 2 rings (SSSR count). The number of pyridine rings is 1. The molecule has 1 amide bonds. The van der Waals surface area contributed by atoms with Gasteiger partial charge in [0.1, 0.15) is 0 Å². The molecule has 1 aromatic heterocycles. The minimum atomic E-state index is -0.852. The lowest BCUT2D eigenvalue weighted by Gasteiger charge is -2.14. The van der Waals surface area contributed by atoms with Crippen molar-refractivity contribution >= 4 is 23.5 Å². The van der Waals surface area contributed by atoms with E-state index in [4.69, 9.17) is 16.3 Å². The number of benzene rings is 1. The van der Waals surface area contributed by atoms with Gasteiger partial charge < -0.3 is 15.3 Å². The largest absolute Gasteiger partial charge is 0.618 e. The van der Waals surface area contributed by atoms with E-state index in [1.165, 1.54) is 24.4 Å². The van der Waals surface area contributed by atoms with E-state index in [1.807, 2.05) is 0 Å². The number of esters is 1. The highest BCUT2D eigenvalue weighted by molar-refractivity contribution is 6.30. The fourth-order valence-electron chi connectivity index (χ4n) is 1.91. The molecule has 1 aromatic carbocycles. The first kappa shape index (κ1) is 16.8. The van der Waals surface area contributed by atoms with Crippen LogP contribution < -0.4 is 10.0 Å². The molecule has 0 aliphatic carbocycles. The van der Waals surface area contributed by atoms with E-state index in [0.29, 0.717) is 9.75 Å². The Morgan fingerprint density at radius 1 is 1.26 bits per heavy atom. The lowest BCUT2D eigenvalue weighted by molar-refractivity contribution is -0.608.